The van der Waals surface area contributed by atoms with Gasteiger partial charge in [0.05, 0.1) is 6.61 Å². The number of carbonyl (C=O) groups excluding carboxylic acids is 1. The summed E-state index contributed by atoms with van der Waals surface area (Å²) in [5, 5.41) is 9.92. The number of esters is 1. The third kappa shape index (κ3) is 10.0. The number of benzene rings is 4. The lowest BCUT2D eigenvalue weighted by Gasteiger charge is -2.27. The molecule has 0 bridgehead atoms. The first kappa shape index (κ1) is 31.8. The summed E-state index contributed by atoms with van der Waals surface area (Å²) in [7, 11) is 0. The van der Waals surface area contributed by atoms with Gasteiger partial charge in [-0.1, -0.05) is 80.6 Å². The molecule has 5 nitrogen and oxygen atoms in total. The molecule has 0 aliphatic carbocycles. The van der Waals surface area contributed by atoms with Crippen LogP contribution in [0.15, 0.2) is 103 Å². The van der Waals surface area contributed by atoms with Crippen LogP contribution < -0.4 is 9.47 Å². The highest BCUT2D eigenvalue weighted by Crippen LogP contribution is 2.39. The number of carbonyl (C=O) groups is 1. The quantitative estimate of drug-likeness (QED) is 0.0863. The number of phenolic OH excluding ortho intramolecular Hbond substituents is 1. The van der Waals surface area contributed by atoms with Crippen LogP contribution in [0.1, 0.15) is 87.0 Å². The Labute approximate surface area is 256 Å². The zero-order chi connectivity index (χ0) is 30.6. The molecule has 0 saturated carbocycles. The Balaban J connectivity index is 1.39. The Kier molecular flexibility index (Phi) is 11.8. The highest BCUT2D eigenvalue weighted by Gasteiger charge is 2.22. The number of ether oxygens (including phenoxy) is 3. The monoisotopic (exact) mass is 580 g/mol. The van der Waals surface area contributed by atoms with E-state index in [0.717, 1.165) is 31.4 Å². The van der Waals surface area contributed by atoms with Crippen LogP contribution in [0.4, 0.5) is 0 Å². The summed E-state index contributed by atoms with van der Waals surface area (Å²) in [6.45, 7) is 8.43. The fraction of sp³-hybridized carbons (Fsp3) is 0.342. The Bertz CT molecular complexity index is 1380. The first-order valence-electron chi connectivity index (χ1n) is 15.3. The van der Waals surface area contributed by atoms with Crippen molar-refractivity contribution in [1.82, 2.24) is 0 Å². The summed E-state index contributed by atoms with van der Waals surface area (Å²) >= 11 is 0. The van der Waals surface area contributed by atoms with Crippen molar-refractivity contribution in [3.63, 3.8) is 0 Å². The lowest BCUT2D eigenvalue weighted by atomic mass is 9.78. The van der Waals surface area contributed by atoms with Crippen LogP contribution in [0, 0.1) is 0 Å². The summed E-state index contributed by atoms with van der Waals surface area (Å²) in [4.78, 5) is 11.3. The maximum Gasteiger partial charge on any atom is 0.308 e. The van der Waals surface area contributed by atoms with E-state index in [-0.39, 0.29) is 18.0 Å². The molecule has 4 aromatic carbocycles. The van der Waals surface area contributed by atoms with Gasteiger partial charge in [0.2, 0.25) is 0 Å². The van der Waals surface area contributed by atoms with Crippen molar-refractivity contribution in [2.45, 2.75) is 77.4 Å². The Morgan fingerprint density at radius 3 is 1.93 bits per heavy atom. The zero-order valence-corrected chi connectivity index (χ0v) is 25.7. The second-order valence-corrected chi connectivity index (χ2v) is 11.3. The van der Waals surface area contributed by atoms with E-state index in [1.807, 2.05) is 73.7 Å². The molecule has 0 fully saturated rings. The summed E-state index contributed by atoms with van der Waals surface area (Å²) in [6, 6.07) is 34.2. The van der Waals surface area contributed by atoms with Gasteiger partial charge in [0.15, 0.2) is 6.29 Å². The van der Waals surface area contributed by atoms with Crippen molar-refractivity contribution in [3.05, 3.63) is 125 Å². The lowest BCUT2D eigenvalue weighted by Crippen LogP contribution is -2.18. The van der Waals surface area contributed by atoms with Crippen LogP contribution in [-0.4, -0.2) is 24.0 Å². The molecule has 0 radical (unpaired) electrons. The Hall–Kier alpha value is -4.09. The maximum absolute atomic E-state index is 11.3. The van der Waals surface area contributed by atoms with E-state index in [2.05, 4.69) is 38.1 Å². The van der Waals surface area contributed by atoms with E-state index in [0.29, 0.717) is 30.1 Å². The molecular weight excluding hydrogens is 536 g/mol. The average molecular weight is 581 g/mol. The third-order valence-corrected chi connectivity index (χ3v) is 8.01. The Morgan fingerprint density at radius 2 is 1.30 bits per heavy atom. The van der Waals surface area contributed by atoms with E-state index in [9.17, 15) is 9.90 Å². The fourth-order valence-electron chi connectivity index (χ4n) is 5.62. The van der Waals surface area contributed by atoms with Crippen LogP contribution in [0.5, 0.6) is 17.2 Å². The van der Waals surface area contributed by atoms with Gasteiger partial charge in [0.25, 0.3) is 0 Å². The number of phenols is 1. The topological polar surface area (TPSA) is 65.0 Å². The van der Waals surface area contributed by atoms with Gasteiger partial charge in [-0.25, -0.2) is 0 Å². The van der Waals surface area contributed by atoms with E-state index in [4.69, 9.17) is 14.2 Å². The van der Waals surface area contributed by atoms with Crippen molar-refractivity contribution in [1.29, 1.82) is 0 Å². The third-order valence-electron chi connectivity index (χ3n) is 8.01. The van der Waals surface area contributed by atoms with Gasteiger partial charge in [-0.3, -0.25) is 4.79 Å². The Morgan fingerprint density at radius 1 is 0.721 bits per heavy atom. The van der Waals surface area contributed by atoms with E-state index in [1.165, 1.54) is 29.2 Å². The van der Waals surface area contributed by atoms with E-state index >= 15 is 0 Å². The zero-order valence-electron chi connectivity index (χ0n) is 25.7. The largest absolute Gasteiger partial charge is 0.508 e. The van der Waals surface area contributed by atoms with Crippen molar-refractivity contribution >= 4 is 5.97 Å². The molecule has 5 heteroatoms. The molecule has 0 saturated heterocycles. The summed E-state index contributed by atoms with van der Waals surface area (Å²) < 4.78 is 17.1. The molecule has 0 spiro atoms. The molecule has 0 amide bonds. The number of rotatable bonds is 15. The lowest BCUT2D eigenvalue weighted by molar-refractivity contribution is -0.131. The smallest absolute Gasteiger partial charge is 0.308 e. The van der Waals surface area contributed by atoms with E-state index < -0.39 is 0 Å². The SMILES string of the molecule is CCC(CC(CC(C)c1ccc(OC(C)=O)cc1)c1ccc(O)cc1)c1ccc(OC(C)OCCc2ccccc2)cc1. The minimum atomic E-state index is -0.333. The number of hydrogen-bond donors (Lipinski definition) is 1. The number of hydrogen-bond acceptors (Lipinski definition) is 5. The predicted molar refractivity (Wildman–Crippen MR) is 172 cm³/mol. The highest BCUT2D eigenvalue weighted by molar-refractivity contribution is 5.69. The maximum atomic E-state index is 11.3. The van der Waals surface area contributed by atoms with Gasteiger partial charge >= 0.3 is 5.97 Å². The van der Waals surface area contributed by atoms with Gasteiger partial charge < -0.3 is 19.3 Å². The first-order valence-corrected chi connectivity index (χ1v) is 15.3. The van der Waals surface area contributed by atoms with Crippen molar-refractivity contribution in [2.75, 3.05) is 6.61 Å². The van der Waals surface area contributed by atoms with Crippen LogP contribution in [0.25, 0.3) is 0 Å². The standard InChI is InChI=1S/C38H44O5/c1-5-31(33-15-21-38(22-16-33)43-29(4)41-24-23-30-9-7-6-8-10-30)26-35(34-11-17-36(40)18-12-34)25-27(2)32-13-19-37(20-14-32)42-28(3)39/h6-22,27,29,31,35,40H,5,23-26H2,1-4H3. The number of aromatic hydroxyl groups is 1. The van der Waals surface area contributed by atoms with Gasteiger partial charge in [0.1, 0.15) is 17.2 Å². The molecule has 43 heavy (non-hydrogen) atoms. The van der Waals surface area contributed by atoms with Crippen LogP contribution >= 0.6 is 0 Å². The molecule has 0 aliphatic rings. The molecule has 4 rings (SSSR count). The van der Waals surface area contributed by atoms with Crippen molar-refractivity contribution in [3.8, 4) is 17.2 Å². The molecular formula is C38H44O5. The van der Waals surface area contributed by atoms with Crippen molar-refractivity contribution < 1.29 is 24.1 Å². The second kappa shape index (κ2) is 15.9. The average Bonchev–Trinajstić information content (AvgIpc) is 3.00. The minimum absolute atomic E-state index is 0.275. The summed E-state index contributed by atoms with van der Waals surface area (Å²) in [5.74, 6) is 2.27. The van der Waals surface area contributed by atoms with E-state index in [1.54, 1.807) is 12.1 Å². The predicted octanol–water partition coefficient (Wildman–Crippen LogP) is 9.16. The molecule has 4 aromatic rings. The minimum Gasteiger partial charge on any atom is -0.508 e. The van der Waals surface area contributed by atoms with Crippen LogP contribution in [0.3, 0.4) is 0 Å². The molecule has 0 heterocycles. The summed E-state index contributed by atoms with van der Waals surface area (Å²) in [6.07, 6.45) is 3.47. The van der Waals surface area contributed by atoms with Gasteiger partial charge in [-0.15, -0.1) is 0 Å². The molecule has 226 valence electrons. The molecule has 4 atom stereocenters. The van der Waals surface area contributed by atoms with Gasteiger partial charge in [0, 0.05) is 6.92 Å². The molecule has 4 unspecified atom stereocenters. The van der Waals surface area contributed by atoms with Gasteiger partial charge in [-0.2, -0.15) is 0 Å². The normalized spacial score (nSPS) is 14.0. The van der Waals surface area contributed by atoms with Crippen LogP contribution in [-0.2, 0) is 16.0 Å². The molecule has 0 aliphatic heterocycles. The van der Waals surface area contributed by atoms with Crippen molar-refractivity contribution in [2.24, 2.45) is 0 Å². The summed E-state index contributed by atoms with van der Waals surface area (Å²) in [5.41, 5.74) is 4.96. The highest BCUT2D eigenvalue weighted by atomic mass is 16.7. The molecule has 0 aromatic heterocycles. The molecule has 1 N–H and O–H groups in total. The second-order valence-electron chi connectivity index (χ2n) is 11.3. The van der Waals surface area contributed by atoms with Crippen LogP contribution in [0.2, 0.25) is 0 Å². The van der Waals surface area contributed by atoms with Gasteiger partial charge in [-0.05, 0) is 109 Å². The first-order chi connectivity index (χ1) is 20.8. The fourth-order valence-corrected chi connectivity index (χ4v) is 5.62.